The number of aliphatic hydroxyl groups excluding tert-OH is 2. The molecule has 19 heavy (non-hydrogen) atoms. The van der Waals surface area contributed by atoms with Crippen LogP contribution in [0, 0.1) is 0 Å². The van der Waals surface area contributed by atoms with Crippen molar-refractivity contribution in [1.29, 1.82) is 0 Å². The van der Waals surface area contributed by atoms with E-state index in [1.165, 1.54) is 0 Å². The maximum atomic E-state index is 9.11. The van der Waals surface area contributed by atoms with Gasteiger partial charge in [0, 0.05) is 44.4 Å². The van der Waals surface area contributed by atoms with Gasteiger partial charge in [-0.05, 0) is 6.92 Å². The van der Waals surface area contributed by atoms with Crippen LogP contribution in [0.5, 0.6) is 0 Å². The molecule has 0 aromatic carbocycles. The normalized spacial score (nSPS) is 21.5. The minimum Gasteiger partial charge on any atom is -0.395 e. The number of hydrogen-bond donors (Lipinski definition) is 2. The molecule has 1 atom stereocenters. The molecule has 0 saturated heterocycles. The van der Waals surface area contributed by atoms with Crippen molar-refractivity contribution in [3.05, 3.63) is 24.8 Å². The molecular formula is C12H23BrN4O2. The standard InChI is InChI=1S/C12H22N4O2.BrH/c1-2-14-5-6-15(8-10-18)12(14)16-4-3-13(11-16)7-9-17;/h3-6,12,17-18H,2,7-11H2,1H3;1H. The highest BCUT2D eigenvalue weighted by Gasteiger charge is 2.31. The summed E-state index contributed by atoms with van der Waals surface area (Å²) in [4.78, 5) is 8.62. The third-order valence-electron chi connectivity index (χ3n) is 3.26. The molecule has 0 saturated carbocycles. The Hall–Kier alpha value is -0.920. The molecule has 0 fully saturated rings. The average Bonchev–Trinajstić information content (AvgIpc) is 2.96. The van der Waals surface area contributed by atoms with Gasteiger partial charge in [0.15, 0.2) is 6.29 Å². The third kappa shape index (κ3) is 3.55. The van der Waals surface area contributed by atoms with Gasteiger partial charge in [-0.1, -0.05) is 0 Å². The Balaban J connectivity index is 0.00000180. The first kappa shape index (κ1) is 16.1. The van der Waals surface area contributed by atoms with Crippen molar-refractivity contribution in [2.45, 2.75) is 13.2 Å². The van der Waals surface area contributed by atoms with E-state index in [0.717, 1.165) is 13.2 Å². The zero-order valence-electron chi connectivity index (χ0n) is 11.2. The Bertz CT molecular complexity index is 327. The Labute approximate surface area is 125 Å². The second-order valence-electron chi connectivity index (χ2n) is 4.43. The zero-order chi connectivity index (χ0) is 13.0. The molecule has 2 aliphatic rings. The second-order valence-corrected chi connectivity index (χ2v) is 4.43. The van der Waals surface area contributed by atoms with Crippen molar-refractivity contribution < 1.29 is 10.2 Å². The highest BCUT2D eigenvalue weighted by Crippen LogP contribution is 2.22. The highest BCUT2D eigenvalue weighted by atomic mass is 79.9. The fourth-order valence-electron chi connectivity index (χ4n) is 2.38. The summed E-state index contributed by atoms with van der Waals surface area (Å²) < 4.78 is 0. The van der Waals surface area contributed by atoms with Crippen LogP contribution in [0.25, 0.3) is 0 Å². The van der Waals surface area contributed by atoms with Gasteiger partial charge in [0.25, 0.3) is 0 Å². The topological polar surface area (TPSA) is 53.4 Å². The summed E-state index contributed by atoms with van der Waals surface area (Å²) in [5, 5.41) is 18.1. The number of rotatable bonds is 6. The summed E-state index contributed by atoms with van der Waals surface area (Å²) in [5.41, 5.74) is 0. The van der Waals surface area contributed by atoms with Gasteiger partial charge in [0.2, 0.25) is 0 Å². The van der Waals surface area contributed by atoms with E-state index in [1.807, 2.05) is 18.6 Å². The van der Waals surface area contributed by atoms with Crippen molar-refractivity contribution in [3.8, 4) is 0 Å². The molecule has 0 aromatic rings. The summed E-state index contributed by atoms with van der Waals surface area (Å²) >= 11 is 0. The van der Waals surface area contributed by atoms with Gasteiger partial charge in [-0.2, -0.15) is 0 Å². The van der Waals surface area contributed by atoms with Crippen molar-refractivity contribution in [2.24, 2.45) is 0 Å². The number of hydrogen-bond acceptors (Lipinski definition) is 6. The van der Waals surface area contributed by atoms with Crippen LogP contribution < -0.4 is 0 Å². The molecule has 1 unspecified atom stereocenters. The lowest BCUT2D eigenvalue weighted by Crippen LogP contribution is -2.51. The van der Waals surface area contributed by atoms with Gasteiger partial charge in [-0.25, -0.2) is 0 Å². The lowest BCUT2D eigenvalue weighted by atomic mass is 10.5. The molecule has 7 heteroatoms. The van der Waals surface area contributed by atoms with E-state index < -0.39 is 0 Å². The van der Waals surface area contributed by atoms with E-state index in [4.69, 9.17) is 10.2 Å². The first-order valence-electron chi connectivity index (χ1n) is 6.39. The predicted molar refractivity (Wildman–Crippen MR) is 79.1 cm³/mol. The fourth-order valence-corrected chi connectivity index (χ4v) is 2.38. The molecule has 110 valence electrons. The molecule has 2 heterocycles. The van der Waals surface area contributed by atoms with Crippen LogP contribution in [-0.4, -0.2) is 75.6 Å². The van der Waals surface area contributed by atoms with Crippen LogP contribution in [-0.2, 0) is 0 Å². The maximum absolute atomic E-state index is 9.11. The molecular weight excluding hydrogens is 312 g/mol. The summed E-state index contributed by atoms with van der Waals surface area (Å²) in [6.07, 6.45) is 8.25. The number of aliphatic hydroxyl groups is 2. The van der Waals surface area contributed by atoms with Crippen molar-refractivity contribution in [2.75, 3.05) is 39.5 Å². The number of β-amino-alcohol motifs (C(OH)–C–C–N with tert-alkyl or cyclic N) is 2. The minimum atomic E-state index is 0. The van der Waals surface area contributed by atoms with Crippen LogP contribution >= 0.6 is 17.0 Å². The van der Waals surface area contributed by atoms with Gasteiger partial charge in [-0.15, -0.1) is 17.0 Å². The first-order valence-corrected chi connectivity index (χ1v) is 6.39. The summed E-state index contributed by atoms with van der Waals surface area (Å²) in [5.74, 6) is 0. The van der Waals surface area contributed by atoms with E-state index >= 15 is 0 Å². The second kappa shape index (κ2) is 7.62. The molecule has 0 spiro atoms. The van der Waals surface area contributed by atoms with Crippen molar-refractivity contribution >= 4 is 17.0 Å². The van der Waals surface area contributed by atoms with Crippen LogP contribution in [0.4, 0.5) is 0 Å². The lowest BCUT2D eigenvalue weighted by Gasteiger charge is -2.38. The van der Waals surface area contributed by atoms with E-state index in [0.29, 0.717) is 13.1 Å². The molecule has 2 aliphatic heterocycles. The van der Waals surface area contributed by atoms with Crippen molar-refractivity contribution in [3.63, 3.8) is 0 Å². The Morgan fingerprint density at radius 3 is 2.32 bits per heavy atom. The smallest absolute Gasteiger partial charge is 0.181 e. The third-order valence-corrected chi connectivity index (χ3v) is 3.26. The van der Waals surface area contributed by atoms with Gasteiger partial charge in [-0.3, -0.25) is 0 Å². The van der Waals surface area contributed by atoms with Gasteiger partial charge in [0.05, 0.1) is 19.9 Å². The molecule has 0 radical (unpaired) electrons. The predicted octanol–water partition coefficient (Wildman–Crippen LogP) is -0.0125. The first-order chi connectivity index (χ1) is 8.80. The molecule has 6 nitrogen and oxygen atoms in total. The Morgan fingerprint density at radius 2 is 1.68 bits per heavy atom. The van der Waals surface area contributed by atoms with Crippen LogP contribution in [0.15, 0.2) is 24.8 Å². The molecule has 0 amide bonds. The Kier molecular flexibility index (Phi) is 6.47. The molecule has 0 aromatic heterocycles. The average molecular weight is 335 g/mol. The summed E-state index contributed by atoms with van der Waals surface area (Å²) in [6.45, 7) is 5.40. The summed E-state index contributed by atoms with van der Waals surface area (Å²) in [7, 11) is 0. The van der Waals surface area contributed by atoms with E-state index in [-0.39, 0.29) is 36.5 Å². The van der Waals surface area contributed by atoms with E-state index in [2.05, 4.69) is 32.7 Å². The molecule has 0 aliphatic carbocycles. The molecule has 2 N–H and O–H groups in total. The minimum absolute atomic E-state index is 0. The van der Waals surface area contributed by atoms with E-state index in [1.54, 1.807) is 0 Å². The zero-order valence-corrected chi connectivity index (χ0v) is 12.9. The largest absolute Gasteiger partial charge is 0.395 e. The van der Waals surface area contributed by atoms with Crippen LogP contribution in [0.1, 0.15) is 6.92 Å². The monoisotopic (exact) mass is 334 g/mol. The fraction of sp³-hybridized carbons (Fsp3) is 0.667. The van der Waals surface area contributed by atoms with Gasteiger partial charge >= 0.3 is 0 Å². The van der Waals surface area contributed by atoms with Crippen LogP contribution in [0.2, 0.25) is 0 Å². The van der Waals surface area contributed by atoms with E-state index in [9.17, 15) is 0 Å². The highest BCUT2D eigenvalue weighted by molar-refractivity contribution is 8.93. The quantitative estimate of drug-likeness (QED) is 0.712. The maximum Gasteiger partial charge on any atom is 0.181 e. The SMILES string of the molecule is Br.CCN1C=CN(CCO)C1N1C=CN(CCO)C1. The molecule has 0 bridgehead atoms. The Morgan fingerprint density at radius 1 is 1.00 bits per heavy atom. The number of halogens is 1. The lowest BCUT2D eigenvalue weighted by molar-refractivity contribution is 0.00972. The molecule has 2 rings (SSSR count). The summed E-state index contributed by atoms with van der Waals surface area (Å²) in [6, 6.07) is 0. The van der Waals surface area contributed by atoms with Gasteiger partial charge < -0.3 is 29.8 Å². The van der Waals surface area contributed by atoms with Gasteiger partial charge in [0.1, 0.15) is 0 Å². The van der Waals surface area contributed by atoms with Crippen molar-refractivity contribution in [1.82, 2.24) is 19.6 Å². The van der Waals surface area contributed by atoms with Crippen LogP contribution in [0.3, 0.4) is 0 Å². The number of nitrogens with zero attached hydrogens (tertiary/aromatic N) is 4.